The first-order valence-corrected chi connectivity index (χ1v) is 8.90. The maximum Gasteiger partial charge on any atom is 0.262 e. The molecule has 2 N–H and O–H groups in total. The Kier molecular flexibility index (Phi) is 4.42. The molecule has 2 aromatic carbocycles. The van der Waals surface area contributed by atoms with Crippen molar-refractivity contribution in [1.82, 2.24) is 14.5 Å². The highest BCUT2D eigenvalue weighted by atomic mass is 16.3. The number of H-pyrrole nitrogens is 1. The summed E-state index contributed by atoms with van der Waals surface area (Å²) < 4.78 is 1.54. The number of aromatic hydroxyl groups is 1. The molecule has 4 aromatic rings. The molecule has 0 radical (unpaired) electrons. The normalized spacial score (nSPS) is 11.7. The Morgan fingerprint density at radius 3 is 2.63 bits per heavy atom. The minimum absolute atomic E-state index is 0.0665. The van der Waals surface area contributed by atoms with E-state index in [9.17, 15) is 9.90 Å². The van der Waals surface area contributed by atoms with Gasteiger partial charge in [-0.3, -0.25) is 9.36 Å². The van der Waals surface area contributed by atoms with Crippen LogP contribution in [-0.2, 0) is 6.54 Å². The predicted molar refractivity (Wildman–Crippen MR) is 105 cm³/mol. The molecular formula is C20H19N5O2. The van der Waals surface area contributed by atoms with Gasteiger partial charge in [0.25, 0.3) is 11.5 Å². The van der Waals surface area contributed by atoms with Crippen LogP contribution in [0.3, 0.4) is 0 Å². The predicted octanol–water partition coefficient (Wildman–Crippen LogP) is 4.80. The van der Waals surface area contributed by atoms with Crippen LogP contribution in [0.1, 0.15) is 19.8 Å². The number of benzene rings is 2. The molecule has 0 atom stereocenters. The van der Waals surface area contributed by atoms with Gasteiger partial charge in [-0.2, -0.15) is 0 Å². The van der Waals surface area contributed by atoms with Crippen LogP contribution in [0.2, 0.25) is 0 Å². The van der Waals surface area contributed by atoms with E-state index >= 15 is 0 Å². The van der Waals surface area contributed by atoms with Crippen molar-refractivity contribution in [2.24, 2.45) is 10.2 Å². The molecule has 0 aliphatic carbocycles. The number of hydrogen-bond acceptors (Lipinski definition) is 5. The molecule has 27 heavy (non-hydrogen) atoms. The number of unbranched alkanes of at least 4 members (excludes halogenated alkanes) is 1. The Hall–Kier alpha value is -3.48. The van der Waals surface area contributed by atoms with Crippen LogP contribution in [0.15, 0.2) is 63.6 Å². The molecule has 0 aliphatic heterocycles. The van der Waals surface area contributed by atoms with Gasteiger partial charge >= 0.3 is 0 Å². The quantitative estimate of drug-likeness (QED) is 0.500. The average Bonchev–Trinajstić information content (AvgIpc) is 3.01. The molecule has 0 spiro atoms. The van der Waals surface area contributed by atoms with Crippen molar-refractivity contribution in [3.63, 3.8) is 0 Å². The maximum atomic E-state index is 12.9. The number of nitrogens with zero attached hydrogens (tertiary/aromatic N) is 4. The molecule has 2 aromatic heterocycles. The number of fused-ring (bicyclic) bond motifs is 2. The van der Waals surface area contributed by atoms with Crippen LogP contribution in [0.5, 0.6) is 5.88 Å². The summed E-state index contributed by atoms with van der Waals surface area (Å²) in [5, 5.41) is 19.9. The van der Waals surface area contributed by atoms with Crippen LogP contribution in [0.25, 0.3) is 21.8 Å². The van der Waals surface area contributed by atoms with Crippen LogP contribution in [0, 0.1) is 0 Å². The zero-order valence-electron chi connectivity index (χ0n) is 14.9. The van der Waals surface area contributed by atoms with Crippen molar-refractivity contribution in [2.75, 3.05) is 0 Å². The van der Waals surface area contributed by atoms with Crippen LogP contribution >= 0.6 is 0 Å². The lowest BCUT2D eigenvalue weighted by Crippen LogP contribution is -2.21. The van der Waals surface area contributed by atoms with Crippen molar-refractivity contribution in [3.8, 4) is 5.88 Å². The van der Waals surface area contributed by atoms with E-state index in [-0.39, 0.29) is 17.4 Å². The Morgan fingerprint density at radius 2 is 1.81 bits per heavy atom. The van der Waals surface area contributed by atoms with E-state index in [1.807, 2.05) is 36.4 Å². The van der Waals surface area contributed by atoms with Crippen molar-refractivity contribution >= 4 is 33.4 Å². The van der Waals surface area contributed by atoms with Crippen LogP contribution in [-0.4, -0.2) is 19.6 Å². The van der Waals surface area contributed by atoms with Gasteiger partial charge in [0, 0.05) is 11.9 Å². The van der Waals surface area contributed by atoms with E-state index in [0.717, 1.165) is 23.7 Å². The number of azo groups is 1. The van der Waals surface area contributed by atoms with Crippen LogP contribution in [0.4, 0.5) is 11.6 Å². The van der Waals surface area contributed by atoms with Gasteiger partial charge < -0.3 is 10.1 Å². The van der Waals surface area contributed by atoms with E-state index in [4.69, 9.17) is 0 Å². The van der Waals surface area contributed by atoms with Gasteiger partial charge in [-0.1, -0.05) is 43.7 Å². The standard InChI is InChI=1S/C20H19N5O2/c1-2-3-12-25-19(27)14-9-5-7-11-16(14)22-20(25)24-23-17-13-8-4-6-10-15(13)21-18(17)26/h4-11,21,26H,2-3,12H2,1H3. The largest absolute Gasteiger partial charge is 0.493 e. The van der Waals surface area contributed by atoms with Crippen molar-refractivity contribution < 1.29 is 5.11 Å². The third kappa shape index (κ3) is 3.08. The van der Waals surface area contributed by atoms with E-state index in [0.29, 0.717) is 23.1 Å². The lowest BCUT2D eigenvalue weighted by molar-refractivity contribution is 0.459. The summed E-state index contributed by atoms with van der Waals surface area (Å²) in [5.41, 5.74) is 1.53. The molecular weight excluding hydrogens is 342 g/mol. The summed E-state index contributed by atoms with van der Waals surface area (Å²) in [6, 6.07) is 14.6. The molecule has 2 heterocycles. The molecule has 0 aliphatic rings. The zero-order chi connectivity index (χ0) is 18.8. The fraction of sp³-hybridized carbons (Fsp3) is 0.200. The average molecular weight is 361 g/mol. The van der Waals surface area contributed by atoms with E-state index in [1.165, 1.54) is 0 Å². The molecule has 136 valence electrons. The molecule has 0 saturated heterocycles. The third-order valence-corrected chi connectivity index (χ3v) is 4.48. The van der Waals surface area contributed by atoms with Gasteiger partial charge in [-0.25, -0.2) is 4.98 Å². The second-order valence-electron chi connectivity index (χ2n) is 6.31. The number of hydrogen-bond donors (Lipinski definition) is 2. The van der Waals surface area contributed by atoms with E-state index < -0.39 is 0 Å². The Morgan fingerprint density at radius 1 is 1.07 bits per heavy atom. The maximum absolute atomic E-state index is 12.9. The van der Waals surface area contributed by atoms with Gasteiger partial charge in [0.15, 0.2) is 5.69 Å². The molecule has 4 rings (SSSR count). The summed E-state index contributed by atoms with van der Waals surface area (Å²) in [7, 11) is 0. The fourth-order valence-corrected chi connectivity index (χ4v) is 3.06. The van der Waals surface area contributed by atoms with Gasteiger partial charge in [0.1, 0.15) is 0 Å². The van der Waals surface area contributed by atoms with E-state index in [1.54, 1.807) is 16.7 Å². The summed E-state index contributed by atoms with van der Waals surface area (Å²) in [6.45, 7) is 2.58. The highest BCUT2D eigenvalue weighted by molar-refractivity contribution is 5.94. The first-order chi connectivity index (χ1) is 13.2. The monoisotopic (exact) mass is 361 g/mol. The number of aromatic amines is 1. The lowest BCUT2D eigenvalue weighted by Gasteiger charge is -2.09. The van der Waals surface area contributed by atoms with Crippen molar-refractivity contribution in [2.45, 2.75) is 26.3 Å². The third-order valence-electron chi connectivity index (χ3n) is 4.48. The smallest absolute Gasteiger partial charge is 0.262 e. The molecule has 0 bridgehead atoms. The number of nitrogens with one attached hydrogen (secondary N) is 1. The molecule has 7 heteroatoms. The van der Waals surface area contributed by atoms with Gasteiger partial charge in [-0.05, 0) is 24.6 Å². The summed E-state index contributed by atoms with van der Waals surface area (Å²) >= 11 is 0. The minimum atomic E-state index is -0.133. The topological polar surface area (TPSA) is 95.6 Å². The Balaban J connectivity index is 1.86. The Bertz CT molecular complexity index is 1210. The first-order valence-electron chi connectivity index (χ1n) is 8.90. The zero-order valence-corrected chi connectivity index (χ0v) is 14.9. The van der Waals surface area contributed by atoms with Gasteiger partial charge in [0.05, 0.1) is 16.4 Å². The first kappa shape index (κ1) is 17.0. The van der Waals surface area contributed by atoms with Crippen molar-refractivity contribution in [3.05, 3.63) is 58.9 Å². The molecule has 0 saturated carbocycles. The molecule has 7 nitrogen and oxygen atoms in total. The molecule has 0 fully saturated rings. The summed E-state index contributed by atoms with van der Waals surface area (Å²) in [5.74, 6) is 0.167. The second-order valence-corrected chi connectivity index (χ2v) is 6.31. The number of rotatable bonds is 5. The summed E-state index contributed by atoms with van der Waals surface area (Å²) in [4.78, 5) is 20.2. The lowest BCUT2D eigenvalue weighted by atomic mass is 10.2. The van der Waals surface area contributed by atoms with Gasteiger partial charge in [-0.15, -0.1) is 10.2 Å². The number of para-hydroxylation sites is 2. The molecule has 0 unspecified atom stereocenters. The fourth-order valence-electron chi connectivity index (χ4n) is 3.06. The highest BCUT2D eigenvalue weighted by Crippen LogP contribution is 2.35. The SMILES string of the molecule is CCCCn1c(N=Nc2c(O)[nH]c3ccccc23)nc2ccccc2c1=O. The van der Waals surface area contributed by atoms with Crippen LogP contribution < -0.4 is 5.56 Å². The minimum Gasteiger partial charge on any atom is -0.493 e. The van der Waals surface area contributed by atoms with E-state index in [2.05, 4.69) is 27.1 Å². The van der Waals surface area contributed by atoms with Crippen molar-refractivity contribution in [1.29, 1.82) is 0 Å². The Labute approximate surface area is 155 Å². The summed E-state index contributed by atoms with van der Waals surface area (Å²) in [6.07, 6.45) is 1.78. The van der Waals surface area contributed by atoms with Gasteiger partial charge in [0.2, 0.25) is 5.88 Å². The highest BCUT2D eigenvalue weighted by Gasteiger charge is 2.12. The second kappa shape index (κ2) is 7.03. The molecule has 0 amide bonds. The number of aromatic nitrogens is 3.